The van der Waals surface area contributed by atoms with Gasteiger partial charge in [-0.2, -0.15) is 0 Å². The lowest BCUT2D eigenvalue weighted by molar-refractivity contribution is 0.196. The molecular formula is C11H16ClNO3S. The van der Waals surface area contributed by atoms with Gasteiger partial charge in [0.15, 0.2) is 0 Å². The molecule has 1 aromatic carbocycles. The molecule has 0 aliphatic heterocycles. The van der Waals surface area contributed by atoms with E-state index in [1.54, 1.807) is 31.4 Å². The second-order valence-electron chi connectivity index (χ2n) is 3.59. The molecule has 17 heavy (non-hydrogen) atoms. The van der Waals surface area contributed by atoms with Crippen LogP contribution >= 0.6 is 11.6 Å². The third kappa shape index (κ3) is 5.50. The zero-order chi connectivity index (χ0) is 12.7. The highest BCUT2D eigenvalue weighted by Crippen LogP contribution is 2.16. The van der Waals surface area contributed by atoms with Crippen LogP contribution in [0.4, 0.5) is 0 Å². The Morgan fingerprint density at radius 3 is 2.71 bits per heavy atom. The quantitative estimate of drug-likeness (QED) is 0.773. The molecule has 0 aromatic heterocycles. The molecule has 0 aliphatic carbocycles. The fourth-order valence-corrected chi connectivity index (χ4v) is 2.82. The van der Waals surface area contributed by atoms with Crippen molar-refractivity contribution in [3.8, 4) is 0 Å². The normalized spacial score (nSPS) is 11.6. The van der Waals surface area contributed by atoms with Crippen molar-refractivity contribution in [1.29, 1.82) is 0 Å². The first-order valence-electron chi connectivity index (χ1n) is 5.25. The molecule has 0 atom stereocenters. The summed E-state index contributed by atoms with van der Waals surface area (Å²) >= 11 is 5.90. The standard InChI is InChI=1S/C11H16ClNO3S/c1-16-8-4-7-13-17(14,15)9-10-5-2-3-6-11(10)12/h2-3,5-6,13H,4,7-9H2,1H3. The molecule has 1 aromatic rings. The number of hydrogen-bond acceptors (Lipinski definition) is 3. The van der Waals surface area contributed by atoms with Crippen molar-refractivity contribution in [3.63, 3.8) is 0 Å². The average Bonchev–Trinajstić information content (AvgIpc) is 2.28. The summed E-state index contributed by atoms with van der Waals surface area (Å²) in [6, 6.07) is 6.92. The van der Waals surface area contributed by atoms with Crippen molar-refractivity contribution in [2.45, 2.75) is 12.2 Å². The molecule has 1 N–H and O–H groups in total. The van der Waals surface area contributed by atoms with Gasteiger partial charge in [-0.25, -0.2) is 13.1 Å². The van der Waals surface area contributed by atoms with E-state index >= 15 is 0 Å². The van der Waals surface area contributed by atoms with Crippen LogP contribution in [0.3, 0.4) is 0 Å². The Hall–Kier alpha value is -0.620. The lowest BCUT2D eigenvalue weighted by Crippen LogP contribution is -2.26. The van der Waals surface area contributed by atoms with Crippen LogP contribution in [0, 0.1) is 0 Å². The van der Waals surface area contributed by atoms with E-state index in [0.717, 1.165) is 0 Å². The summed E-state index contributed by atoms with van der Waals surface area (Å²) in [4.78, 5) is 0. The van der Waals surface area contributed by atoms with Crippen molar-refractivity contribution in [1.82, 2.24) is 4.72 Å². The van der Waals surface area contributed by atoms with Crippen LogP contribution in [0.2, 0.25) is 5.02 Å². The van der Waals surface area contributed by atoms with Gasteiger partial charge in [-0.05, 0) is 18.1 Å². The molecule has 6 heteroatoms. The Morgan fingerprint density at radius 2 is 2.06 bits per heavy atom. The van der Waals surface area contributed by atoms with Crippen LogP contribution in [-0.2, 0) is 20.5 Å². The van der Waals surface area contributed by atoms with E-state index in [9.17, 15) is 8.42 Å². The lowest BCUT2D eigenvalue weighted by atomic mass is 10.2. The Balaban J connectivity index is 2.52. The van der Waals surface area contributed by atoms with Gasteiger partial charge < -0.3 is 4.74 Å². The highest BCUT2D eigenvalue weighted by molar-refractivity contribution is 7.88. The highest BCUT2D eigenvalue weighted by atomic mass is 35.5. The number of sulfonamides is 1. The average molecular weight is 278 g/mol. The largest absolute Gasteiger partial charge is 0.385 e. The van der Waals surface area contributed by atoms with Crippen molar-refractivity contribution < 1.29 is 13.2 Å². The van der Waals surface area contributed by atoms with Gasteiger partial charge in [0, 0.05) is 25.3 Å². The monoisotopic (exact) mass is 277 g/mol. The minimum atomic E-state index is -3.33. The number of ether oxygens (including phenoxy) is 1. The van der Waals surface area contributed by atoms with E-state index in [1.165, 1.54) is 0 Å². The van der Waals surface area contributed by atoms with Crippen LogP contribution in [-0.4, -0.2) is 28.7 Å². The van der Waals surface area contributed by atoms with Crippen molar-refractivity contribution in [3.05, 3.63) is 34.9 Å². The summed E-state index contributed by atoms with van der Waals surface area (Å²) in [7, 11) is -1.75. The highest BCUT2D eigenvalue weighted by Gasteiger charge is 2.12. The Kier molecular flexibility index (Phi) is 5.91. The van der Waals surface area contributed by atoms with Gasteiger partial charge in [0.1, 0.15) is 0 Å². The molecule has 0 saturated heterocycles. The zero-order valence-corrected chi connectivity index (χ0v) is 11.2. The molecule has 0 saturated carbocycles. The summed E-state index contributed by atoms with van der Waals surface area (Å²) in [5, 5.41) is 0.467. The summed E-state index contributed by atoms with van der Waals surface area (Å²) in [5.74, 6) is -0.0976. The molecule has 0 fully saturated rings. The maximum absolute atomic E-state index is 11.7. The van der Waals surface area contributed by atoms with E-state index in [2.05, 4.69) is 4.72 Å². The predicted octanol–water partition coefficient (Wildman–Crippen LogP) is 1.80. The van der Waals surface area contributed by atoms with E-state index in [1.807, 2.05) is 0 Å². The van der Waals surface area contributed by atoms with E-state index in [4.69, 9.17) is 16.3 Å². The van der Waals surface area contributed by atoms with Gasteiger partial charge in [0.2, 0.25) is 10.0 Å². The number of nitrogens with one attached hydrogen (secondary N) is 1. The zero-order valence-electron chi connectivity index (χ0n) is 9.65. The van der Waals surface area contributed by atoms with Crippen LogP contribution in [0.25, 0.3) is 0 Å². The van der Waals surface area contributed by atoms with Crippen LogP contribution < -0.4 is 4.72 Å². The van der Waals surface area contributed by atoms with Crippen LogP contribution in [0.15, 0.2) is 24.3 Å². The number of halogens is 1. The number of benzene rings is 1. The molecule has 0 heterocycles. The van der Waals surface area contributed by atoms with E-state index in [0.29, 0.717) is 30.2 Å². The third-order valence-corrected chi connectivity index (χ3v) is 3.85. The van der Waals surface area contributed by atoms with Crippen molar-refractivity contribution in [2.75, 3.05) is 20.3 Å². The summed E-state index contributed by atoms with van der Waals surface area (Å²) in [6.45, 7) is 0.912. The number of methoxy groups -OCH3 is 1. The SMILES string of the molecule is COCCCNS(=O)(=O)Cc1ccccc1Cl. The molecule has 0 spiro atoms. The molecule has 0 bridgehead atoms. The van der Waals surface area contributed by atoms with Gasteiger partial charge in [0.25, 0.3) is 0 Å². The molecule has 0 aliphatic rings. The lowest BCUT2D eigenvalue weighted by Gasteiger charge is -2.07. The minimum Gasteiger partial charge on any atom is -0.385 e. The van der Waals surface area contributed by atoms with E-state index < -0.39 is 10.0 Å². The summed E-state index contributed by atoms with van der Waals surface area (Å²) < 4.78 is 30.8. The van der Waals surface area contributed by atoms with Gasteiger partial charge in [-0.1, -0.05) is 29.8 Å². The van der Waals surface area contributed by atoms with Gasteiger partial charge >= 0.3 is 0 Å². The van der Waals surface area contributed by atoms with E-state index in [-0.39, 0.29) is 5.75 Å². The molecular weight excluding hydrogens is 262 g/mol. The maximum atomic E-state index is 11.7. The molecule has 96 valence electrons. The van der Waals surface area contributed by atoms with Crippen LogP contribution in [0.5, 0.6) is 0 Å². The molecule has 1 rings (SSSR count). The van der Waals surface area contributed by atoms with Gasteiger partial charge in [0.05, 0.1) is 5.75 Å². The Bertz CT molecular complexity index is 448. The maximum Gasteiger partial charge on any atom is 0.215 e. The first-order chi connectivity index (χ1) is 8.05. The molecule has 0 amide bonds. The third-order valence-electron chi connectivity index (χ3n) is 2.15. The molecule has 4 nitrogen and oxygen atoms in total. The predicted molar refractivity (Wildman–Crippen MR) is 68.6 cm³/mol. The van der Waals surface area contributed by atoms with Gasteiger partial charge in [-0.3, -0.25) is 0 Å². The number of hydrogen-bond donors (Lipinski definition) is 1. The Morgan fingerprint density at radius 1 is 1.35 bits per heavy atom. The second kappa shape index (κ2) is 6.96. The fraction of sp³-hybridized carbons (Fsp3) is 0.455. The Labute approximate surface area is 107 Å². The fourth-order valence-electron chi connectivity index (χ4n) is 1.32. The second-order valence-corrected chi connectivity index (χ2v) is 5.81. The molecule has 0 radical (unpaired) electrons. The van der Waals surface area contributed by atoms with Crippen molar-refractivity contribution >= 4 is 21.6 Å². The van der Waals surface area contributed by atoms with Crippen LogP contribution in [0.1, 0.15) is 12.0 Å². The van der Waals surface area contributed by atoms with Crippen molar-refractivity contribution in [2.24, 2.45) is 0 Å². The van der Waals surface area contributed by atoms with Gasteiger partial charge in [-0.15, -0.1) is 0 Å². The smallest absolute Gasteiger partial charge is 0.215 e. The first-order valence-corrected chi connectivity index (χ1v) is 7.28. The minimum absolute atomic E-state index is 0.0976. The topological polar surface area (TPSA) is 55.4 Å². The number of rotatable bonds is 7. The summed E-state index contributed by atoms with van der Waals surface area (Å²) in [5.41, 5.74) is 0.605. The molecule has 0 unspecified atom stereocenters. The summed E-state index contributed by atoms with van der Waals surface area (Å²) in [6.07, 6.45) is 0.651. The first kappa shape index (κ1) is 14.4.